The molecule has 0 saturated heterocycles. The minimum Gasteiger partial charge on any atom is -0.489 e. The summed E-state index contributed by atoms with van der Waals surface area (Å²) in [4.78, 5) is 0. The van der Waals surface area contributed by atoms with E-state index in [1.54, 1.807) is 0 Å². The number of ether oxygens (including phenoxy) is 1. The summed E-state index contributed by atoms with van der Waals surface area (Å²) < 4.78 is 5.62. The Morgan fingerprint density at radius 1 is 1.07 bits per heavy atom. The summed E-state index contributed by atoms with van der Waals surface area (Å²) in [5, 5.41) is 0. The average Bonchev–Trinajstić information content (AvgIpc) is 2.30. The summed E-state index contributed by atoms with van der Waals surface area (Å²) in [6, 6.07) is 19.0. The number of aryl methyl sites for hydroxylation is 1. The van der Waals surface area contributed by atoms with Gasteiger partial charge in [-0.3, -0.25) is 0 Å². The Bertz CT molecular complexity index is 403. The standard InChI is InChI=1S/C14H13O/c1-12-7-9-14(10-8-12)15-11-13-5-3-2-4-6-13/h2-5,7-10H,11H2,1H3. The molecule has 0 aliphatic rings. The molecule has 1 heteroatoms. The van der Waals surface area contributed by atoms with Gasteiger partial charge < -0.3 is 4.74 Å². The van der Waals surface area contributed by atoms with Gasteiger partial charge in [-0.05, 0) is 30.7 Å². The highest BCUT2D eigenvalue weighted by Gasteiger charge is 1.94. The fourth-order valence-electron chi connectivity index (χ4n) is 1.32. The molecule has 0 unspecified atom stereocenters. The maximum Gasteiger partial charge on any atom is 0.119 e. The van der Waals surface area contributed by atoms with Gasteiger partial charge in [0.1, 0.15) is 12.4 Å². The van der Waals surface area contributed by atoms with Gasteiger partial charge in [0, 0.05) is 0 Å². The van der Waals surface area contributed by atoms with Gasteiger partial charge in [-0.1, -0.05) is 42.0 Å². The summed E-state index contributed by atoms with van der Waals surface area (Å²) in [5.74, 6) is 0.901. The Morgan fingerprint density at radius 2 is 1.87 bits per heavy atom. The van der Waals surface area contributed by atoms with Gasteiger partial charge in [0.25, 0.3) is 0 Å². The van der Waals surface area contributed by atoms with Gasteiger partial charge >= 0.3 is 0 Å². The smallest absolute Gasteiger partial charge is 0.119 e. The first-order valence-electron chi connectivity index (χ1n) is 5.00. The van der Waals surface area contributed by atoms with E-state index < -0.39 is 0 Å². The molecular formula is C14H13O. The van der Waals surface area contributed by atoms with Crippen molar-refractivity contribution in [3.8, 4) is 5.75 Å². The zero-order chi connectivity index (χ0) is 10.5. The minimum absolute atomic E-state index is 0.573. The number of benzene rings is 2. The van der Waals surface area contributed by atoms with Crippen LogP contribution in [-0.2, 0) is 6.61 Å². The Morgan fingerprint density at radius 3 is 2.53 bits per heavy atom. The third-order valence-electron chi connectivity index (χ3n) is 2.19. The number of hydrogen-bond acceptors (Lipinski definition) is 1. The van der Waals surface area contributed by atoms with E-state index in [1.807, 2.05) is 48.5 Å². The lowest BCUT2D eigenvalue weighted by Gasteiger charge is -2.05. The summed E-state index contributed by atoms with van der Waals surface area (Å²) in [6.07, 6.45) is 0. The van der Waals surface area contributed by atoms with E-state index in [4.69, 9.17) is 4.74 Å². The molecule has 2 rings (SSSR count). The molecule has 0 amide bonds. The van der Waals surface area contributed by atoms with Crippen molar-refractivity contribution >= 4 is 0 Å². The summed E-state index contributed by atoms with van der Waals surface area (Å²) in [7, 11) is 0. The first-order valence-corrected chi connectivity index (χ1v) is 5.00. The van der Waals surface area contributed by atoms with Crippen LogP contribution >= 0.6 is 0 Å². The average molecular weight is 197 g/mol. The summed E-state index contributed by atoms with van der Waals surface area (Å²) >= 11 is 0. The molecule has 2 aromatic rings. The van der Waals surface area contributed by atoms with Gasteiger partial charge in [0.15, 0.2) is 0 Å². The molecule has 2 aromatic carbocycles. The van der Waals surface area contributed by atoms with Gasteiger partial charge in [0.2, 0.25) is 0 Å². The van der Waals surface area contributed by atoms with E-state index in [0.717, 1.165) is 11.3 Å². The van der Waals surface area contributed by atoms with Crippen molar-refractivity contribution in [2.75, 3.05) is 0 Å². The molecule has 0 aliphatic heterocycles. The van der Waals surface area contributed by atoms with Crippen molar-refractivity contribution in [3.05, 3.63) is 65.7 Å². The van der Waals surface area contributed by atoms with E-state index in [-0.39, 0.29) is 0 Å². The summed E-state index contributed by atoms with van der Waals surface area (Å²) in [5.41, 5.74) is 2.31. The van der Waals surface area contributed by atoms with E-state index in [2.05, 4.69) is 13.0 Å². The first kappa shape index (κ1) is 9.78. The molecule has 1 nitrogen and oxygen atoms in total. The van der Waals surface area contributed by atoms with Crippen LogP contribution in [0.3, 0.4) is 0 Å². The van der Waals surface area contributed by atoms with E-state index in [0.29, 0.717) is 6.61 Å². The van der Waals surface area contributed by atoms with Crippen molar-refractivity contribution in [2.45, 2.75) is 13.5 Å². The lowest BCUT2D eigenvalue weighted by atomic mass is 10.2. The predicted molar refractivity (Wildman–Crippen MR) is 60.8 cm³/mol. The zero-order valence-corrected chi connectivity index (χ0v) is 8.73. The second kappa shape index (κ2) is 4.65. The third-order valence-corrected chi connectivity index (χ3v) is 2.19. The molecule has 0 heterocycles. The molecule has 0 N–H and O–H groups in total. The normalized spacial score (nSPS) is 9.93. The van der Waals surface area contributed by atoms with Crippen LogP contribution in [0.2, 0.25) is 0 Å². The van der Waals surface area contributed by atoms with Crippen molar-refractivity contribution in [1.29, 1.82) is 0 Å². The van der Waals surface area contributed by atoms with Crippen molar-refractivity contribution in [1.82, 2.24) is 0 Å². The molecule has 0 aliphatic carbocycles. The molecule has 1 radical (unpaired) electrons. The predicted octanol–water partition coefficient (Wildman–Crippen LogP) is 3.37. The quantitative estimate of drug-likeness (QED) is 0.733. The monoisotopic (exact) mass is 197 g/mol. The van der Waals surface area contributed by atoms with Gasteiger partial charge in [0.05, 0.1) is 0 Å². The second-order valence-corrected chi connectivity index (χ2v) is 3.49. The fourth-order valence-corrected chi connectivity index (χ4v) is 1.32. The lowest BCUT2D eigenvalue weighted by molar-refractivity contribution is 0.306. The maximum atomic E-state index is 5.62. The van der Waals surface area contributed by atoms with E-state index in [9.17, 15) is 0 Å². The second-order valence-electron chi connectivity index (χ2n) is 3.49. The zero-order valence-electron chi connectivity index (χ0n) is 8.73. The minimum atomic E-state index is 0.573. The molecule has 0 fully saturated rings. The lowest BCUT2D eigenvalue weighted by Crippen LogP contribution is -1.94. The van der Waals surface area contributed by atoms with Crippen LogP contribution in [0.1, 0.15) is 11.1 Å². The molecular weight excluding hydrogens is 184 g/mol. The molecule has 15 heavy (non-hydrogen) atoms. The highest BCUT2D eigenvalue weighted by Crippen LogP contribution is 2.13. The highest BCUT2D eigenvalue weighted by molar-refractivity contribution is 5.26. The van der Waals surface area contributed by atoms with Crippen LogP contribution in [0, 0.1) is 13.0 Å². The number of rotatable bonds is 3. The Hall–Kier alpha value is -1.76. The van der Waals surface area contributed by atoms with Crippen molar-refractivity contribution in [3.63, 3.8) is 0 Å². The van der Waals surface area contributed by atoms with Crippen LogP contribution < -0.4 is 4.74 Å². The topological polar surface area (TPSA) is 9.23 Å². The van der Waals surface area contributed by atoms with Crippen LogP contribution in [-0.4, -0.2) is 0 Å². The fraction of sp³-hybridized carbons (Fsp3) is 0.143. The van der Waals surface area contributed by atoms with E-state index >= 15 is 0 Å². The summed E-state index contributed by atoms with van der Waals surface area (Å²) in [6.45, 7) is 2.64. The molecule has 0 bridgehead atoms. The van der Waals surface area contributed by atoms with E-state index in [1.165, 1.54) is 5.56 Å². The Kier molecular flexibility index (Phi) is 3.03. The van der Waals surface area contributed by atoms with Gasteiger partial charge in [-0.25, -0.2) is 0 Å². The molecule has 0 saturated carbocycles. The Balaban J connectivity index is 1.96. The highest BCUT2D eigenvalue weighted by atomic mass is 16.5. The van der Waals surface area contributed by atoms with Crippen molar-refractivity contribution in [2.24, 2.45) is 0 Å². The molecule has 0 spiro atoms. The van der Waals surface area contributed by atoms with Gasteiger partial charge in [-0.2, -0.15) is 0 Å². The largest absolute Gasteiger partial charge is 0.489 e. The van der Waals surface area contributed by atoms with Crippen LogP contribution in [0.25, 0.3) is 0 Å². The van der Waals surface area contributed by atoms with Gasteiger partial charge in [-0.15, -0.1) is 0 Å². The first-order chi connectivity index (χ1) is 7.34. The SMILES string of the molecule is Cc1ccc(OCc2[c]cccc2)cc1. The molecule has 75 valence electrons. The molecule has 0 atom stereocenters. The molecule has 0 aromatic heterocycles. The maximum absolute atomic E-state index is 5.62. The Labute approximate surface area is 90.3 Å². The van der Waals surface area contributed by atoms with Crippen molar-refractivity contribution < 1.29 is 4.74 Å². The number of hydrogen-bond donors (Lipinski definition) is 0. The van der Waals surface area contributed by atoms with Crippen LogP contribution in [0.5, 0.6) is 5.75 Å². The van der Waals surface area contributed by atoms with Crippen LogP contribution in [0.4, 0.5) is 0 Å². The third kappa shape index (κ3) is 2.84. The van der Waals surface area contributed by atoms with Crippen LogP contribution in [0.15, 0.2) is 48.5 Å².